The van der Waals surface area contributed by atoms with Crippen molar-refractivity contribution in [3.63, 3.8) is 0 Å². The number of hydrogen-bond acceptors (Lipinski definition) is 5. The molecular weight excluding hydrogens is 342 g/mol. The van der Waals surface area contributed by atoms with Crippen molar-refractivity contribution in [2.75, 3.05) is 44.9 Å². The Labute approximate surface area is 160 Å². The highest BCUT2D eigenvalue weighted by Gasteiger charge is 2.12. The summed E-state index contributed by atoms with van der Waals surface area (Å²) in [5, 5.41) is 0. The quantitative estimate of drug-likeness (QED) is 0.550. The Hall–Kier alpha value is -2.79. The van der Waals surface area contributed by atoms with E-state index in [9.17, 15) is 4.79 Å². The summed E-state index contributed by atoms with van der Waals surface area (Å²) in [7, 11) is 1.60. The van der Waals surface area contributed by atoms with Crippen molar-refractivity contribution in [1.29, 1.82) is 0 Å². The van der Waals surface area contributed by atoms with E-state index < -0.39 is 0 Å². The Morgan fingerprint density at radius 2 is 1.89 bits per heavy atom. The summed E-state index contributed by atoms with van der Waals surface area (Å²) in [6.45, 7) is 5.72. The van der Waals surface area contributed by atoms with E-state index in [0.29, 0.717) is 23.7 Å². The van der Waals surface area contributed by atoms with Gasteiger partial charge >= 0.3 is 0 Å². The molecule has 0 atom stereocenters. The number of ether oxygens (including phenoxy) is 3. The fourth-order valence-corrected chi connectivity index (χ4v) is 3.07. The van der Waals surface area contributed by atoms with Gasteiger partial charge in [-0.3, -0.25) is 4.79 Å². The number of allylic oxidation sites excluding steroid dienone is 1. The van der Waals surface area contributed by atoms with Crippen molar-refractivity contribution in [1.82, 2.24) is 0 Å². The molecule has 5 heteroatoms. The van der Waals surface area contributed by atoms with Gasteiger partial charge in [0.05, 0.1) is 26.9 Å². The van der Waals surface area contributed by atoms with Crippen LogP contribution >= 0.6 is 0 Å². The molecule has 3 rings (SSSR count). The average Bonchev–Trinajstić information content (AvgIpc) is 2.73. The SMILES string of the molecule is CCOc1cccc(C=CC(=O)c2ccc(N3CCOCC3)cc2)c1OC. The van der Waals surface area contributed by atoms with E-state index >= 15 is 0 Å². The van der Waals surface area contributed by atoms with E-state index in [1.54, 1.807) is 19.3 Å². The normalized spacial score (nSPS) is 14.4. The van der Waals surface area contributed by atoms with Crippen molar-refractivity contribution in [3.05, 3.63) is 59.7 Å². The lowest BCUT2D eigenvalue weighted by atomic mass is 10.1. The van der Waals surface area contributed by atoms with Gasteiger partial charge in [-0.15, -0.1) is 0 Å². The fraction of sp³-hybridized carbons (Fsp3) is 0.318. The van der Waals surface area contributed by atoms with Crippen LogP contribution in [0.1, 0.15) is 22.8 Å². The minimum atomic E-state index is -0.0487. The summed E-state index contributed by atoms with van der Waals surface area (Å²) < 4.78 is 16.4. The molecule has 2 aromatic rings. The zero-order valence-electron chi connectivity index (χ0n) is 15.8. The number of hydrogen-bond donors (Lipinski definition) is 0. The van der Waals surface area contributed by atoms with Crippen molar-refractivity contribution in [2.24, 2.45) is 0 Å². The number of methoxy groups -OCH3 is 1. The van der Waals surface area contributed by atoms with Crippen molar-refractivity contribution in [2.45, 2.75) is 6.92 Å². The molecule has 1 saturated heterocycles. The summed E-state index contributed by atoms with van der Waals surface area (Å²) >= 11 is 0. The third-order valence-corrected chi connectivity index (χ3v) is 4.46. The van der Waals surface area contributed by atoms with Crippen LogP contribution in [0, 0.1) is 0 Å². The second-order valence-electron chi connectivity index (χ2n) is 6.16. The van der Waals surface area contributed by atoms with Gasteiger partial charge < -0.3 is 19.1 Å². The van der Waals surface area contributed by atoms with E-state index in [4.69, 9.17) is 14.2 Å². The zero-order chi connectivity index (χ0) is 19.1. The molecule has 0 aromatic heterocycles. The van der Waals surface area contributed by atoms with Crippen LogP contribution in [0.5, 0.6) is 11.5 Å². The molecule has 1 aliphatic rings. The van der Waals surface area contributed by atoms with Crippen molar-refractivity contribution >= 4 is 17.5 Å². The van der Waals surface area contributed by atoms with Gasteiger partial charge in [0.1, 0.15) is 0 Å². The third kappa shape index (κ3) is 4.68. The highest BCUT2D eigenvalue weighted by molar-refractivity contribution is 6.07. The molecule has 0 radical (unpaired) electrons. The van der Waals surface area contributed by atoms with Crippen LogP contribution in [0.3, 0.4) is 0 Å². The molecule has 0 bridgehead atoms. The molecule has 0 unspecified atom stereocenters. The lowest BCUT2D eigenvalue weighted by Gasteiger charge is -2.28. The first-order valence-electron chi connectivity index (χ1n) is 9.18. The molecule has 27 heavy (non-hydrogen) atoms. The minimum absolute atomic E-state index is 0.0487. The first-order valence-corrected chi connectivity index (χ1v) is 9.18. The minimum Gasteiger partial charge on any atom is -0.492 e. The number of carbonyl (C=O) groups is 1. The molecule has 1 heterocycles. The van der Waals surface area contributed by atoms with E-state index in [1.165, 1.54) is 0 Å². The maximum atomic E-state index is 12.5. The summed E-state index contributed by atoms with van der Waals surface area (Å²) in [5.74, 6) is 1.25. The van der Waals surface area contributed by atoms with Crippen LogP contribution in [0.25, 0.3) is 6.08 Å². The molecule has 0 saturated carbocycles. The predicted molar refractivity (Wildman–Crippen MR) is 107 cm³/mol. The summed E-state index contributed by atoms with van der Waals surface area (Å²) in [6, 6.07) is 13.3. The molecule has 0 N–H and O–H groups in total. The number of anilines is 1. The summed E-state index contributed by atoms with van der Waals surface area (Å²) in [5.41, 5.74) is 2.58. The largest absolute Gasteiger partial charge is 0.492 e. The molecular formula is C22H25NO4. The number of rotatable bonds is 7. The van der Waals surface area contributed by atoms with Crippen LogP contribution in [0.4, 0.5) is 5.69 Å². The van der Waals surface area contributed by atoms with Gasteiger partial charge in [-0.25, -0.2) is 0 Å². The third-order valence-electron chi connectivity index (χ3n) is 4.46. The predicted octanol–water partition coefficient (Wildman–Crippen LogP) is 3.83. The van der Waals surface area contributed by atoms with Crippen LogP contribution in [0.15, 0.2) is 48.5 Å². The monoisotopic (exact) mass is 367 g/mol. The van der Waals surface area contributed by atoms with Gasteiger partial charge in [-0.05, 0) is 49.4 Å². The number of nitrogens with zero attached hydrogens (tertiary/aromatic N) is 1. The van der Waals surface area contributed by atoms with Gasteiger partial charge in [0.15, 0.2) is 17.3 Å². The van der Waals surface area contributed by atoms with E-state index in [1.807, 2.05) is 49.4 Å². The van der Waals surface area contributed by atoms with Gasteiger partial charge in [-0.2, -0.15) is 0 Å². The Balaban J connectivity index is 1.72. The van der Waals surface area contributed by atoms with Gasteiger partial charge in [-0.1, -0.05) is 12.1 Å². The molecule has 5 nitrogen and oxygen atoms in total. The van der Waals surface area contributed by atoms with Gasteiger partial charge in [0.2, 0.25) is 0 Å². The molecule has 1 aliphatic heterocycles. The zero-order valence-corrected chi connectivity index (χ0v) is 15.8. The Morgan fingerprint density at radius 1 is 1.15 bits per heavy atom. The molecule has 142 valence electrons. The lowest BCUT2D eigenvalue weighted by molar-refractivity contribution is 0.104. The molecule has 1 fully saturated rings. The maximum absolute atomic E-state index is 12.5. The first-order chi connectivity index (χ1) is 13.2. The van der Waals surface area contributed by atoms with E-state index in [-0.39, 0.29) is 5.78 Å². The van der Waals surface area contributed by atoms with Crippen LogP contribution in [0.2, 0.25) is 0 Å². The lowest BCUT2D eigenvalue weighted by Crippen LogP contribution is -2.36. The Morgan fingerprint density at radius 3 is 2.56 bits per heavy atom. The standard InChI is InChI=1S/C22H25NO4/c1-3-27-21-6-4-5-18(22(21)25-2)9-12-20(24)17-7-10-19(11-8-17)23-13-15-26-16-14-23/h4-12H,3,13-16H2,1-2H3. The van der Waals surface area contributed by atoms with Gasteiger partial charge in [0.25, 0.3) is 0 Å². The number of ketones is 1. The highest BCUT2D eigenvalue weighted by Crippen LogP contribution is 2.32. The van der Waals surface area contributed by atoms with Crippen LogP contribution in [-0.4, -0.2) is 45.8 Å². The van der Waals surface area contributed by atoms with Crippen LogP contribution < -0.4 is 14.4 Å². The second kappa shape index (κ2) is 9.24. The van der Waals surface area contributed by atoms with Crippen molar-refractivity contribution in [3.8, 4) is 11.5 Å². The molecule has 0 amide bonds. The Bertz CT molecular complexity index is 792. The summed E-state index contributed by atoms with van der Waals surface area (Å²) in [6.07, 6.45) is 3.33. The fourth-order valence-electron chi connectivity index (χ4n) is 3.07. The van der Waals surface area contributed by atoms with E-state index in [2.05, 4.69) is 4.90 Å². The molecule has 2 aromatic carbocycles. The average molecular weight is 367 g/mol. The van der Waals surface area contributed by atoms with E-state index in [0.717, 1.165) is 37.6 Å². The maximum Gasteiger partial charge on any atom is 0.185 e. The number of benzene rings is 2. The highest BCUT2D eigenvalue weighted by atomic mass is 16.5. The number of morpholine rings is 1. The van der Waals surface area contributed by atoms with Crippen molar-refractivity contribution < 1.29 is 19.0 Å². The Kier molecular flexibility index (Phi) is 6.49. The molecule has 0 spiro atoms. The van der Waals surface area contributed by atoms with Crippen LogP contribution in [-0.2, 0) is 4.74 Å². The smallest absolute Gasteiger partial charge is 0.185 e. The summed E-state index contributed by atoms with van der Waals surface area (Å²) in [4.78, 5) is 14.8. The molecule has 0 aliphatic carbocycles. The number of carbonyl (C=O) groups excluding carboxylic acids is 1. The van der Waals surface area contributed by atoms with Gasteiger partial charge in [0, 0.05) is 29.9 Å². The topological polar surface area (TPSA) is 48.0 Å². The first kappa shape index (κ1) is 19.0. The number of para-hydroxylation sites is 1. The second-order valence-corrected chi connectivity index (χ2v) is 6.16.